The molecule has 144 valence electrons. The molecule has 0 spiro atoms. The van der Waals surface area contributed by atoms with Gasteiger partial charge in [0.2, 0.25) is 10.0 Å². The molecule has 2 N–H and O–H groups in total. The van der Waals surface area contributed by atoms with Crippen molar-refractivity contribution in [1.29, 1.82) is 0 Å². The second-order valence-corrected chi connectivity index (χ2v) is 8.61. The molecule has 3 unspecified atom stereocenters. The van der Waals surface area contributed by atoms with Gasteiger partial charge in [0.15, 0.2) is 16.4 Å². The standard InChI is InChI=1S/C15H19N3O6S.ClH/c16-11-2-1-9-7-17(8-10(9)11)25(21,22)15-6-14-13(23-3-4-24-14)5-12(15)18(19)20;/h5-6,9-11H,1-4,7-8,16H2;1H. The summed E-state index contributed by atoms with van der Waals surface area (Å²) < 4.78 is 38.2. The summed E-state index contributed by atoms with van der Waals surface area (Å²) in [7, 11) is -4.01. The number of sulfonamides is 1. The van der Waals surface area contributed by atoms with Crippen molar-refractivity contribution in [2.75, 3.05) is 26.3 Å². The molecule has 26 heavy (non-hydrogen) atoms. The second kappa shape index (κ2) is 6.84. The predicted molar refractivity (Wildman–Crippen MR) is 94.3 cm³/mol. The first-order valence-corrected chi connectivity index (χ1v) is 9.65. The summed E-state index contributed by atoms with van der Waals surface area (Å²) in [6.45, 7) is 1.20. The molecule has 1 aromatic carbocycles. The molecule has 2 fully saturated rings. The lowest BCUT2D eigenvalue weighted by molar-refractivity contribution is -0.388. The summed E-state index contributed by atoms with van der Waals surface area (Å²) in [4.78, 5) is 10.4. The van der Waals surface area contributed by atoms with Crippen LogP contribution < -0.4 is 15.2 Å². The minimum absolute atomic E-state index is 0. The normalized spacial score (nSPS) is 27.7. The van der Waals surface area contributed by atoms with E-state index in [0.29, 0.717) is 13.1 Å². The maximum atomic E-state index is 13.1. The van der Waals surface area contributed by atoms with Crippen LogP contribution in [0.3, 0.4) is 0 Å². The van der Waals surface area contributed by atoms with Crippen LogP contribution in [0, 0.1) is 22.0 Å². The first-order valence-electron chi connectivity index (χ1n) is 8.21. The summed E-state index contributed by atoms with van der Waals surface area (Å²) in [5.74, 6) is 0.746. The van der Waals surface area contributed by atoms with Crippen LogP contribution in [0.2, 0.25) is 0 Å². The SMILES string of the molecule is Cl.NC1CCC2CN(S(=O)(=O)c3cc4c(cc3[N+](=O)[O-])OCCO4)CC12. The van der Waals surface area contributed by atoms with Gasteiger partial charge in [-0.25, -0.2) is 8.42 Å². The summed E-state index contributed by atoms with van der Waals surface area (Å²) in [5.41, 5.74) is 5.57. The zero-order valence-corrected chi connectivity index (χ0v) is 15.5. The minimum atomic E-state index is -4.01. The van der Waals surface area contributed by atoms with Crippen molar-refractivity contribution in [3.05, 3.63) is 22.2 Å². The Balaban J connectivity index is 0.00000196. The Morgan fingerprint density at radius 1 is 1.15 bits per heavy atom. The number of nitrogens with two attached hydrogens (primary N) is 1. The highest BCUT2D eigenvalue weighted by Crippen LogP contribution is 2.43. The van der Waals surface area contributed by atoms with E-state index in [2.05, 4.69) is 0 Å². The average Bonchev–Trinajstić information content (AvgIpc) is 3.16. The lowest BCUT2D eigenvalue weighted by Gasteiger charge is -2.21. The molecule has 1 saturated heterocycles. The van der Waals surface area contributed by atoms with E-state index >= 15 is 0 Å². The Morgan fingerprint density at radius 3 is 2.42 bits per heavy atom. The highest BCUT2D eigenvalue weighted by Gasteiger charge is 2.46. The van der Waals surface area contributed by atoms with E-state index in [1.54, 1.807) is 0 Å². The van der Waals surface area contributed by atoms with Gasteiger partial charge in [-0.1, -0.05) is 0 Å². The van der Waals surface area contributed by atoms with Gasteiger partial charge in [-0.2, -0.15) is 4.31 Å². The Labute approximate surface area is 157 Å². The molecule has 0 bridgehead atoms. The fourth-order valence-electron chi connectivity index (χ4n) is 4.01. The molecular formula is C15H20ClN3O6S. The number of nitro benzene ring substituents is 1. The number of nitro groups is 1. The lowest BCUT2D eigenvalue weighted by atomic mass is 9.98. The van der Waals surface area contributed by atoms with Crippen molar-refractivity contribution < 1.29 is 22.8 Å². The maximum Gasteiger partial charge on any atom is 0.293 e. The third-order valence-corrected chi connectivity index (χ3v) is 7.18. The van der Waals surface area contributed by atoms with Crippen LogP contribution in [0.25, 0.3) is 0 Å². The molecule has 2 heterocycles. The number of fused-ring (bicyclic) bond motifs is 2. The number of hydrogen-bond acceptors (Lipinski definition) is 7. The van der Waals surface area contributed by atoms with Gasteiger partial charge in [0.05, 0.1) is 11.0 Å². The lowest BCUT2D eigenvalue weighted by Crippen LogP contribution is -2.34. The van der Waals surface area contributed by atoms with Crippen molar-refractivity contribution in [2.45, 2.75) is 23.8 Å². The molecule has 2 aliphatic heterocycles. The minimum Gasteiger partial charge on any atom is -0.486 e. The van der Waals surface area contributed by atoms with Gasteiger partial charge in [0.25, 0.3) is 5.69 Å². The number of rotatable bonds is 3. The fourth-order valence-corrected chi connectivity index (χ4v) is 5.70. The van der Waals surface area contributed by atoms with Crippen LogP contribution in [-0.4, -0.2) is 50.0 Å². The molecule has 3 aliphatic rings. The highest BCUT2D eigenvalue weighted by atomic mass is 35.5. The molecular weight excluding hydrogens is 386 g/mol. The van der Waals surface area contributed by atoms with Gasteiger partial charge in [0, 0.05) is 25.2 Å². The number of halogens is 1. The second-order valence-electron chi connectivity index (χ2n) is 6.71. The van der Waals surface area contributed by atoms with Gasteiger partial charge < -0.3 is 15.2 Å². The molecule has 1 aliphatic carbocycles. The number of hydrogen-bond donors (Lipinski definition) is 1. The van der Waals surface area contributed by atoms with Gasteiger partial charge in [-0.15, -0.1) is 12.4 Å². The van der Waals surface area contributed by atoms with Crippen LogP contribution in [0.5, 0.6) is 11.5 Å². The van der Waals surface area contributed by atoms with Crippen LogP contribution in [0.4, 0.5) is 5.69 Å². The van der Waals surface area contributed by atoms with Crippen molar-refractivity contribution in [1.82, 2.24) is 4.31 Å². The topological polar surface area (TPSA) is 125 Å². The molecule has 4 rings (SSSR count). The van der Waals surface area contributed by atoms with Crippen LogP contribution >= 0.6 is 12.4 Å². The van der Waals surface area contributed by atoms with Gasteiger partial charge in [-0.3, -0.25) is 10.1 Å². The summed E-state index contributed by atoms with van der Waals surface area (Å²) >= 11 is 0. The van der Waals surface area contributed by atoms with Crippen molar-refractivity contribution in [3.63, 3.8) is 0 Å². The summed E-state index contributed by atoms with van der Waals surface area (Å²) in [6, 6.07) is 2.32. The first-order chi connectivity index (χ1) is 11.9. The van der Waals surface area contributed by atoms with Crippen molar-refractivity contribution in [2.24, 2.45) is 17.6 Å². The van der Waals surface area contributed by atoms with Gasteiger partial charge in [-0.05, 0) is 24.7 Å². The van der Waals surface area contributed by atoms with E-state index in [1.165, 1.54) is 10.4 Å². The molecule has 0 aromatic heterocycles. The Morgan fingerprint density at radius 2 is 1.81 bits per heavy atom. The predicted octanol–water partition coefficient (Wildman–Crippen LogP) is 1.15. The largest absolute Gasteiger partial charge is 0.486 e. The zero-order chi connectivity index (χ0) is 17.8. The number of nitrogens with zero attached hydrogens (tertiary/aromatic N) is 2. The highest BCUT2D eigenvalue weighted by molar-refractivity contribution is 7.89. The van der Waals surface area contributed by atoms with E-state index in [0.717, 1.165) is 18.9 Å². The molecule has 1 aromatic rings. The van der Waals surface area contributed by atoms with E-state index in [9.17, 15) is 18.5 Å². The Kier molecular flexibility index (Phi) is 5.04. The zero-order valence-electron chi connectivity index (χ0n) is 13.9. The molecule has 1 saturated carbocycles. The third-order valence-electron chi connectivity index (χ3n) is 5.32. The van der Waals surface area contributed by atoms with Gasteiger partial charge >= 0.3 is 0 Å². The molecule has 0 radical (unpaired) electrons. The molecule has 11 heteroatoms. The molecule has 0 amide bonds. The van der Waals surface area contributed by atoms with Crippen LogP contribution in [0.1, 0.15) is 12.8 Å². The fraction of sp³-hybridized carbons (Fsp3) is 0.600. The van der Waals surface area contributed by atoms with E-state index in [4.69, 9.17) is 15.2 Å². The summed E-state index contributed by atoms with van der Waals surface area (Å²) in [6.07, 6.45) is 1.79. The van der Waals surface area contributed by atoms with Crippen LogP contribution in [0.15, 0.2) is 17.0 Å². The maximum absolute atomic E-state index is 13.1. The smallest absolute Gasteiger partial charge is 0.293 e. The quantitative estimate of drug-likeness (QED) is 0.590. The van der Waals surface area contributed by atoms with Crippen molar-refractivity contribution >= 4 is 28.1 Å². The third kappa shape index (κ3) is 3.00. The number of benzene rings is 1. The Bertz CT molecular complexity index is 833. The van der Waals surface area contributed by atoms with Gasteiger partial charge in [0.1, 0.15) is 13.2 Å². The van der Waals surface area contributed by atoms with E-state index < -0.39 is 20.6 Å². The number of ether oxygens (including phenoxy) is 2. The first kappa shape index (κ1) is 19.2. The van der Waals surface area contributed by atoms with Crippen molar-refractivity contribution in [3.8, 4) is 11.5 Å². The Hall–Kier alpha value is -1.62. The van der Waals surface area contributed by atoms with E-state index in [-0.39, 0.29) is 59.9 Å². The monoisotopic (exact) mass is 405 g/mol. The average molecular weight is 406 g/mol. The van der Waals surface area contributed by atoms with Crippen LogP contribution in [-0.2, 0) is 10.0 Å². The molecule has 3 atom stereocenters. The summed E-state index contributed by atoms with van der Waals surface area (Å²) in [5, 5.41) is 11.4. The van der Waals surface area contributed by atoms with E-state index in [1.807, 2.05) is 0 Å². The molecule has 9 nitrogen and oxygen atoms in total.